The van der Waals surface area contributed by atoms with Gasteiger partial charge in [-0.05, 0) is 63.6 Å². The third kappa shape index (κ3) is 5.09. The fraction of sp³-hybridized carbons (Fsp3) is 0.652. The van der Waals surface area contributed by atoms with E-state index in [4.69, 9.17) is 4.74 Å². The quantitative estimate of drug-likeness (QED) is 0.671. The Bertz CT molecular complexity index is 954. The number of ether oxygens (including phenoxy) is 1. The zero-order valence-electron chi connectivity index (χ0n) is 18.7. The van der Waals surface area contributed by atoms with E-state index in [1.54, 1.807) is 12.1 Å². The van der Waals surface area contributed by atoms with E-state index >= 15 is 0 Å². The molecular weight excluding hydrogens is 430 g/mol. The molecule has 1 aromatic rings. The Morgan fingerprint density at radius 3 is 2.47 bits per heavy atom. The molecule has 0 spiro atoms. The van der Waals surface area contributed by atoms with Crippen LogP contribution in [0.3, 0.4) is 0 Å². The molecule has 1 unspecified atom stereocenters. The Morgan fingerprint density at radius 1 is 1.03 bits per heavy atom. The average Bonchev–Trinajstić information content (AvgIpc) is 3.66. The van der Waals surface area contributed by atoms with Gasteiger partial charge in [-0.2, -0.15) is 4.31 Å². The maximum Gasteiger partial charge on any atom is 0.243 e. The highest BCUT2D eigenvalue weighted by atomic mass is 32.2. The molecule has 2 aliphatic heterocycles. The SMILES string of the molecule is CCOc1ccc(S(=O)(=O)N2CCCCC2)cc1NC(=O)C1CCCN(C(=O)C2CC2)C1. The van der Waals surface area contributed by atoms with Crippen molar-refractivity contribution in [2.24, 2.45) is 11.8 Å². The van der Waals surface area contributed by atoms with Crippen molar-refractivity contribution in [3.8, 4) is 5.75 Å². The Hall–Kier alpha value is -2.13. The lowest BCUT2D eigenvalue weighted by Gasteiger charge is -2.32. The summed E-state index contributed by atoms with van der Waals surface area (Å²) in [6.45, 7) is 4.39. The molecular formula is C23H33N3O5S. The molecule has 0 bridgehead atoms. The third-order valence-corrected chi connectivity index (χ3v) is 8.39. The van der Waals surface area contributed by atoms with E-state index in [2.05, 4.69) is 5.32 Å². The van der Waals surface area contributed by atoms with Crippen LogP contribution in [0.25, 0.3) is 0 Å². The number of nitrogens with zero attached hydrogens (tertiary/aromatic N) is 2. The predicted octanol–water partition coefficient (Wildman–Crippen LogP) is 2.85. The second-order valence-electron chi connectivity index (χ2n) is 8.94. The summed E-state index contributed by atoms with van der Waals surface area (Å²) < 4.78 is 33.4. The molecule has 3 fully saturated rings. The predicted molar refractivity (Wildman–Crippen MR) is 121 cm³/mol. The lowest BCUT2D eigenvalue weighted by Crippen LogP contribution is -2.44. The summed E-state index contributed by atoms with van der Waals surface area (Å²) in [7, 11) is -3.63. The lowest BCUT2D eigenvalue weighted by molar-refractivity contribution is -0.135. The third-order valence-electron chi connectivity index (χ3n) is 6.49. The van der Waals surface area contributed by atoms with E-state index in [9.17, 15) is 18.0 Å². The fourth-order valence-corrected chi connectivity index (χ4v) is 6.06. The second kappa shape index (κ2) is 9.79. The van der Waals surface area contributed by atoms with E-state index in [0.29, 0.717) is 50.6 Å². The molecule has 8 nitrogen and oxygen atoms in total. The highest BCUT2D eigenvalue weighted by Crippen LogP contribution is 2.34. The number of hydrogen-bond acceptors (Lipinski definition) is 5. The molecule has 3 aliphatic rings. The number of likely N-dealkylation sites (tertiary alicyclic amines) is 1. The van der Waals surface area contributed by atoms with Crippen LogP contribution in [0.5, 0.6) is 5.75 Å². The van der Waals surface area contributed by atoms with Crippen LogP contribution in [0.4, 0.5) is 5.69 Å². The molecule has 1 aliphatic carbocycles. The second-order valence-corrected chi connectivity index (χ2v) is 10.9. The first kappa shape index (κ1) is 23.0. The summed E-state index contributed by atoms with van der Waals surface area (Å²) in [5, 5.41) is 2.90. The Morgan fingerprint density at radius 2 is 1.78 bits per heavy atom. The molecule has 0 radical (unpaired) electrons. The number of sulfonamides is 1. The van der Waals surface area contributed by atoms with Gasteiger partial charge >= 0.3 is 0 Å². The van der Waals surface area contributed by atoms with Gasteiger partial charge in [-0.15, -0.1) is 0 Å². The van der Waals surface area contributed by atoms with Crippen molar-refractivity contribution < 1.29 is 22.7 Å². The van der Waals surface area contributed by atoms with Crippen molar-refractivity contribution in [3.63, 3.8) is 0 Å². The molecule has 1 saturated carbocycles. The Kier molecular flexibility index (Phi) is 7.05. The first-order chi connectivity index (χ1) is 15.4. The van der Waals surface area contributed by atoms with Crippen LogP contribution in [-0.2, 0) is 19.6 Å². The van der Waals surface area contributed by atoms with E-state index in [1.807, 2.05) is 11.8 Å². The first-order valence-corrected chi connectivity index (χ1v) is 13.2. The molecule has 2 heterocycles. The number of amides is 2. The molecule has 176 valence electrons. The lowest BCUT2D eigenvalue weighted by atomic mass is 9.96. The number of rotatable bonds is 7. The van der Waals surface area contributed by atoms with Gasteiger partial charge in [-0.1, -0.05) is 6.42 Å². The van der Waals surface area contributed by atoms with Crippen molar-refractivity contribution in [1.29, 1.82) is 0 Å². The van der Waals surface area contributed by atoms with Gasteiger partial charge < -0.3 is 15.0 Å². The van der Waals surface area contributed by atoms with Crippen LogP contribution < -0.4 is 10.1 Å². The van der Waals surface area contributed by atoms with Crippen molar-refractivity contribution in [2.75, 3.05) is 38.1 Å². The number of carbonyl (C=O) groups is 2. The molecule has 2 saturated heterocycles. The van der Waals surface area contributed by atoms with Crippen molar-refractivity contribution >= 4 is 27.5 Å². The topological polar surface area (TPSA) is 96.0 Å². The smallest absolute Gasteiger partial charge is 0.243 e. The Labute approximate surface area is 190 Å². The van der Waals surface area contributed by atoms with E-state index < -0.39 is 10.0 Å². The molecule has 1 aromatic carbocycles. The van der Waals surface area contributed by atoms with Gasteiger partial charge in [0.25, 0.3) is 0 Å². The maximum atomic E-state index is 13.1. The van der Waals surface area contributed by atoms with Gasteiger partial charge in [0.05, 0.1) is 23.1 Å². The highest BCUT2D eigenvalue weighted by molar-refractivity contribution is 7.89. The normalized spacial score (nSPS) is 22.4. The highest BCUT2D eigenvalue weighted by Gasteiger charge is 2.37. The summed E-state index contributed by atoms with van der Waals surface area (Å²) in [5.41, 5.74) is 0.362. The zero-order valence-corrected chi connectivity index (χ0v) is 19.5. The van der Waals surface area contributed by atoms with Crippen LogP contribution >= 0.6 is 0 Å². The van der Waals surface area contributed by atoms with Crippen LogP contribution in [0.15, 0.2) is 23.1 Å². The molecule has 1 atom stereocenters. The number of hydrogen-bond donors (Lipinski definition) is 1. The van der Waals surface area contributed by atoms with Gasteiger partial charge in [0, 0.05) is 32.1 Å². The van der Waals surface area contributed by atoms with Gasteiger partial charge in [0.1, 0.15) is 5.75 Å². The Balaban J connectivity index is 1.51. The summed E-state index contributed by atoms with van der Waals surface area (Å²) in [4.78, 5) is 27.5. The molecule has 0 aromatic heterocycles. The first-order valence-electron chi connectivity index (χ1n) is 11.8. The van der Waals surface area contributed by atoms with Gasteiger partial charge in [0.15, 0.2) is 0 Å². The van der Waals surface area contributed by atoms with Crippen LogP contribution in [-0.4, -0.2) is 62.2 Å². The van der Waals surface area contributed by atoms with Gasteiger partial charge in [-0.3, -0.25) is 9.59 Å². The molecule has 1 N–H and O–H groups in total. The van der Waals surface area contributed by atoms with Crippen molar-refractivity contribution in [2.45, 2.75) is 56.8 Å². The maximum absolute atomic E-state index is 13.1. The molecule has 4 rings (SSSR count). The number of nitrogens with one attached hydrogen (secondary N) is 1. The van der Waals surface area contributed by atoms with Gasteiger partial charge in [0.2, 0.25) is 21.8 Å². The minimum atomic E-state index is -3.63. The van der Waals surface area contributed by atoms with Crippen molar-refractivity contribution in [1.82, 2.24) is 9.21 Å². The number of carbonyl (C=O) groups excluding carboxylic acids is 2. The summed E-state index contributed by atoms with van der Waals surface area (Å²) in [6.07, 6.45) is 6.14. The molecule has 2 amide bonds. The minimum Gasteiger partial charge on any atom is -0.492 e. The van der Waals surface area contributed by atoms with E-state index in [0.717, 1.165) is 38.5 Å². The molecule has 32 heavy (non-hydrogen) atoms. The number of benzene rings is 1. The average molecular weight is 464 g/mol. The summed E-state index contributed by atoms with van der Waals surface area (Å²) in [6, 6.07) is 4.66. The summed E-state index contributed by atoms with van der Waals surface area (Å²) >= 11 is 0. The fourth-order valence-electron chi connectivity index (χ4n) is 4.52. The monoisotopic (exact) mass is 463 g/mol. The van der Waals surface area contributed by atoms with E-state index in [-0.39, 0.29) is 28.5 Å². The van der Waals surface area contributed by atoms with Crippen LogP contribution in [0, 0.1) is 11.8 Å². The standard InChI is InChI=1S/C23H33N3O5S/c1-2-31-21-11-10-19(32(29,30)26-13-4-3-5-14-26)15-20(21)24-22(27)18-7-6-12-25(16-18)23(28)17-8-9-17/h10-11,15,17-18H,2-9,12-14,16H2,1H3,(H,24,27). The zero-order chi connectivity index (χ0) is 22.7. The van der Waals surface area contributed by atoms with Gasteiger partial charge in [-0.25, -0.2) is 8.42 Å². The van der Waals surface area contributed by atoms with Crippen molar-refractivity contribution in [3.05, 3.63) is 18.2 Å². The molecule has 9 heteroatoms. The minimum absolute atomic E-state index is 0.137. The van der Waals surface area contributed by atoms with Crippen LogP contribution in [0.1, 0.15) is 51.9 Å². The largest absolute Gasteiger partial charge is 0.492 e. The summed E-state index contributed by atoms with van der Waals surface area (Å²) in [5.74, 6) is 0.223. The van der Waals surface area contributed by atoms with Crippen LogP contribution in [0.2, 0.25) is 0 Å². The number of anilines is 1. The van der Waals surface area contributed by atoms with E-state index in [1.165, 1.54) is 10.4 Å². The number of piperidine rings is 2.